The van der Waals surface area contributed by atoms with Gasteiger partial charge in [-0.1, -0.05) is 12.1 Å². The highest BCUT2D eigenvalue weighted by Crippen LogP contribution is 2.34. The molecule has 1 aromatic heterocycles. The van der Waals surface area contributed by atoms with Crippen LogP contribution in [0, 0.1) is 5.92 Å². The van der Waals surface area contributed by atoms with Crippen molar-refractivity contribution in [2.24, 2.45) is 5.92 Å². The zero-order valence-electron chi connectivity index (χ0n) is 13.8. The summed E-state index contributed by atoms with van der Waals surface area (Å²) in [6.45, 7) is 4.72. The Balaban J connectivity index is 1.47. The maximum atomic E-state index is 12.7. The average Bonchev–Trinajstić information content (AvgIpc) is 3.25. The lowest BCUT2D eigenvalue weighted by molar-refractivity contribution is -0.189. The molecule has 0 bridgehead atoms. The topological polar surface area (TPSA) is 50.8 Å². The van der Waals surface area contributed by atoms with Gasteiger partial charge >= 0.3 is 6.03 Å². The van der Waals surface area contributed by atoms with Gasteiger partial charge in [0.1, 0.15) is 0 Å². The van der Waals surface area contributed by atoms with Crippen LogP contribution in [0.5, 0.6) is 0 Å². The number of fused-ring (bicyclic) bond motifs is 1. The molecule has 0 spiro atoms. The van der Waals surface area contributed by atoms with Gasteiger partial charge in [-0.05, 0) is 42.7 Å². The molecule has 3 heterocycles. The Labute approximate surface area is 145 Å². The number of carbonyl (C=O) groups is 1. The fourth-order valence-corrected chi connectivity index (χ4v) is 4.51. The van der Waals surface area contributed by atoms with Crippen molar-refractivity contribution in [3.05, 3.63) is 29.6 Å². The Kier molecular flexibility index (Phi) is 4.20. The molecule has 0 unspecified atom stereocenters. The van der Waals surface area contributed by atoms with Gasteiger partial charge in [0.2, 0.25) is 0 Å². The third-order valence-corrected chi connectivity index (χ3v) is 5.99. The summed E-state index contributed by atoms with van der Waals surface area (Å²) in [6, 6.07) is 8.03. The monoisotopic (exact) mass is 346 g/mol. The van der Waals surface area contributed by atoms with E-state index < -0.39 is 5.79 Å². The highest BCUT2D eigenvalue weighted by molar-refractivity contribution is 7.17. The van der Waals surface area contributed by atoms with E-state index in [2.05, 4.69) is 17.4 Å². The number of ether oxygens (including phenoxy) is 2. The van der Waals surface area contributed by atoms with Crippen molar-refractivity contribution in [3.63, 3.8) is 0 Å². The second-order valence-electron chi connectivity index (χ2n) is 6.57. The van der Waals surface area contributed by atoms with Crippen LogP contribution in [-0.4, -0.2) is 43.0 Å². The Morgan fingerprint density at radius 1 is 1.33 bits per heavy atom. The van der Waals surface area contributed by atoms with Crippen LogP contribution in [0.2, 0.25) is 0 Å². The molecule has 2 fully saturated rings. The number of piperidine rings is 1. The summed E-state index contributed by atoms with van der Waals surface area (Å²) < 4.78 is 12.7. The van der Waals surface area contributed by atoms with Crippen LogP contribution < -0.4 is 5.32 Å². The first-order valence-electron chi connectivity index (χ1n) is 8.46. The predicted octanol–water partition coefficient (Wildman–Crippen LogP) is 3.91. The molecule has 4 rings (SSSR count). The normalized spacial score (nSPS) is 23.5. The molecular weight excluding hydrogens is 324 g/mol. The molecule has 2 aliphatic rings. The summed E-state index contributed by atoms with van der Waals surface area (Å²) in [5, 5.41) is 6.29. The number of hydrogen-bond donors (Lipinski definition) is 1. The van der Waals surface area contributed by atoms with Gasteiger partial charge in [-0.25, -0.2) is 4.79 Å². The number of anilines is 1. The minimum absolute atomic E-state index is 0.0396. The minimum Gasteiger partial charge on any atom is -0.347 e. The summed E-state index contributed by atoms with van der Waals surface area (Å²) >= 11 is 1.65. The molecule has 2 aliphatic heterocycles. The van der Waals surface area contributed by atoms with Gasteiger partial charge in [-0.2, -0.15) is 0 Å². The van der Waals surface area contributed by atoms with Crippen LogP contribution >= 0.6 is 11.3 Å². The highest BCUT2D eigenvalue weighted by atomic mass is 32.1. The van der Waals surface area contributed by atoms with Crippen LogP contribution in [0.15, 0.2) is 29.6 Å². The van der Waals surface area contributed by atoms with Crippen molar-refractivity contribution in [1.82, 2.24) is 4.90 Å². The van der Waals surface area contributed by atoms with Crippen LogP contribution in [0.4, 0.5) is 10.5 Å². The molecule has 1 N–H and O–H groups in total. The molecule has 5 nitrogen and oxygen atoms in total. The molecule has 0 radical (unpaired) electrons. The molecule has 128 valence electrons. The van der Waals surface area contributed by atoms with Gasteiger partial charge in [-0.15, -0.1) is 11.3 Å². The predicted molar refractivity (Wildman–Crippen MR) is 95.4 cm³/mol. The standard InChI is InChI=1S/C18H22N2O3S/c1-18(22-9-10-23-18)14-5-3-8-20(12-14)17(21)19-15-6-2-4-13-7-11-24-16(13)15/h2,4,6-7,11,14H,3,5,8-10,12H2,1H3,(H,19,21)/t14-/m0/s1. The van der Waals surface area contributed by atoms with Crippen LogP contribution in [0.25, 0.3) is 10.1 Å². The lowest BCUT2D eigenvalue weighted by atomic mass is 9.90. The van der Waals surface area contributed by atoms with E-state index in [0.29, 0.717) is 19.8 Å². The van der Waals surface area contributed by atoms with E-state index in [-0.39, 0.29) is 11.9 Å². The fraction of sp³-hybridized carbons (Fsp3) is 0.500. The zero-order chi connectivity index (χ0) is 16.6. The molecule has 2 aromatic rings. The van der Waals surface area contributed by atoms with Crippen LogP contribution in [0.3, 0.4) is 0 Å². The van der Waals surface area contributed by atoms with Crippen molar-refractivity contribution in [1.29, 1.82) is 0 Å². The van der Waals surface area contributed by atoms with Gasteiger partial charge < -0.3 is 19.7 Å². The minimum atomic E-state index is -0.549. The molecule has 1 aromatic carbocycles. The third-order valence-electron chi connectivity index (χ3n) is 5.03. The van der Waals surface area contributed by atoms with E-state index in [9.17, 15) is 4.79 Å². The number of nitrogens with one attached hydrogen (secondary N) is 1. The van der Waals surface area contributed by atoms with Gasteiger partial charge in [-0.3, -0.25) is 0 Å². The van der Waals surface area contributed by atoms with Gasteiger partial charge in [0, 0.05) is 19.0 Å². The maximum absolute atomic E-state index is 12.7. The first kappa shape index (κ1) is 15.9. The lowest BCUT2D eigenvalue weighted by Crippen LogP contribution is -2.49. The van der Waals surface area contributed by atoms with Gasteiger partial charge in [0.25, 0.3) is 0 Å². The molecule has 2 saturated heterocycles. The van der Waals surface area contributed by atoms with Crippen molar-refractivity contribution >= 4 is 33.1 Å². The molecule has 2 amide bonds. The van der Waals surface area contributed by atoms with Gasteiger partial charge in [0.15, 0.2) is 5.79 Å². The van der Waals surface area contributed by atoms with Crippen LogP contribution in [0.1, 0.15) is 19.8 Å². The number of hydrogen-bond acceptors (Lipinski definition) is 4. The highest BCUT2D eigenvalue weighted by Gasteiger charge is 2.42. The van der Waals surface area contributed by atoms with Crippen molar-refractivity contribution in [2.45, 2.75) is 25.6 Å². The smallest absolute Gasteiger partial charge is 0.321 e. The Bertz CT molecular complexity index is 739. The first-order chi connectivity index (χ1) is 11.7. The number of rotatable bonds is 2. The Hall–Kier alpha value is -1.63. The number of nitrogens with zero attached hydrogens (tertiary/aromatic N) is 1. The third kappa shape index (κ3) is 2.90. The Morgan fingerprint density at radius 3 is 3.00 bits per heavy atom. The summed E-state index contributed by atoms with van der Waals surface area (Å²) in [5.74, 6) is -0.329. The van der Waals surface area contributed by atoms with E-state index in [1.54, 1.807) is 11.3 Å². The van der Waals surface area contributed by atoms with E-state index in [4.69, 9.17) is 9.47 Å². The van der Waals surface area contributed by atoms with Crippen molar-refractivity contribution in [3.8, 4) is 0 Å². The molecule has 24 heavy (non-hydrogen) atoms. The molecular formula is C18H22N2O3S. The van der Waals surface area contributed by atoms with E-state index in [1.165, 1.54) is 0 Å². The molecule has 1 atom stereocenters. The average molecular weight is 346 g/mol. The van der Waals surface area contributed by atoms with Gasteiger partial charge in [0.05, 0.1) is 23.6 Å². The zero-order valence-corrected chi connectivity index (χ0v) is 14.6. The van der Waals surface area contributed by atoms with E-state index >= 15 is 0 Å². The van der Waals surface area contributed by atoms with E-state index in [1.807, 2.05) is 29.3 Å². The summed E-state index contributed by atoms with van der Waals surface area (Å²) in [4.78, 5) is 14.6. The number of thiophene rings is 1. The summed E-state index contributed by atoms with van der Waals surface area (Å²) in [5.41, 5.74) is 0.884. The second-order valence-corrected chi connectivity index (χ2v) is 7.49. The lowest BCUT2D eigenvalue weighted by Gasteiger charge is -2.39. The quantitative estimate of drug-likeness (QED) is 0.897. The number of carbonyl (C=O) groups excluding carboxylic acids is 1. The largest absolute Gasteiger partial charge is 0.347 e. The summed E-state index contributed by atoms with van der Waals surface area (Å²) in [6.07, 6.45) is 2.00. The number of amides is 2. The Morgan fingerprint density at radius 2 is 2.17 bits per heavy atom. The number of benzene rings is 1. The molecule has 0 saturated carbocycles. The number of likely N-dealkylation sites (tertiary alicyclic amines) is 1. The van der Waals surface area contributed by atoms with E-state index in [0.717, 1.165) is 35.2 Å². The van der Waals surface area contributed by atoms with Crippen LogP contribution in [-0.2, 0) is 9.47 Å². The maximum Gasteiger partial charge on any atom is 0.321 e. The first-order valence-corrected chi connectivity index (χ1v) is 9.34. The second kappa shape index (κ2) is 6.35. The number of urea groups is 1. The summed E-state index contributed by atoms with van der Waals surface area (Å²) in [7, 11) is 0. The van der Waals surface area contributed by atoms with Crippen molar-refractivity contribution in [2.75, 3.05) is 31.6 Å². The molecule has 0 aliphatic carbocycles. The molecule has 6 heteroatoms. The SMILES string of the molecule is CC1([C@H]2CCCN(C(=O)Nc3cccc4ccsc34)C2)OCCO1. The fourth-order valence-electron chi connectivity index (χ4n) is 3.64. The van der Waals surface area contributed by atoms with Crippen molar-refractivity contribution < 1.29 is 14.3 Å².